The van der Waals surface area contributed by atoms with Gasteiger partial charge in [-0.15, -0.1) is 12.4 Å². The summed E-state index contributed by atoms with van der Waals surface area (Å²) in [4.78, 5) is 11.5. The molecule has 2 N–H and O–H groups in total. The summed E-state index contributed by atoms with van der Waals surface area (Å²) in [6.45, 7) is 2.00. The molecular formula is C11H14ClF3N2O. The molecule has 0 fully saturated rings. The van der Waals surface area contributed by atoms with E-state index in [0.717, 1.165) is 0 Å². The van der Waals surface area contributed by atoms with E-state index in [-0.39, 0.29) is 25.0 Å². The van der Waals surface area contributed by atoms with E-state index in [1.54, 1.807) is 14.0 Å². The SMILES string of the molecule is CNC(C)CNC(=O)c1c(F)cc(F)cc1F.Cl. The third kappa shape index (κ3) is 4.19. The van der Waals surface area contributed by atoms with Crippen LogP contribution in [0.25, 0.3) is 0 Å². The van der Waals surface area contributed by atoms with Crippen molar-refractivity contribution in [3.05, 3.63) is 35.1 Å². The molecule has 0 aliphatic rings. The molecular weight excluding hydrogens is 269 g/mol. The number of hydrogen-bond donors (Lipinski definition) is 2. The fourth-order valence-corrected chi connectivity index (χ4v) is 1.20. The number of halogens is 4. The molecule has 0 saturated heterocycles. The Hall–Kier alpha value is -1.27. The van der Waals surface area contributed by atoms with Gasteiger partial charge in [0.25, 0.3) is 5.91 Å². The number of amides is 1. The minimum atomic E-state index is -1.21. The number of hydrogen-bond acceptors (Lipinski definition) is 2. The molecule has 1 unspecified atom stereocenters. The lowest BCUT2D eigenvalue weighted by Gasteiger charge is -2.12. The van der Waals surface area contributed by atoms with Gasteiger partial charge in [0, 0.05) is 24.7 Å². The minimum Gasteiger partial charge on any atom is -0.350 e. The van der Waals surface area contributed by atoms with Gasteiger partial charge in [0.15, 0.2) is 0 Å². The molecule has 1 aromatic carbocycles. The van der Waals surface area contributed by atoms with Crippen LogP contribution < -0.4 is 10.6 Å². The van der Waals surface area contributed by atoms with Gasteiger partial charge in [0.1, 0.15) is 23.0 Å². The highest BCUT2D eigenvalue weighted by Gasteiger charge is 2.18. The van der Waals surface area contributed by atoms with Crippen LogP contribution in [0.1, 0.15) is 17.3 Å². The van der Waals surface area contributed by atoms with Gasteiger partial charge < -0.3 is 10.6 Å². The summed E-state index contributed by atoms with van der Waals surface area (Å²) in [6, 6.07) is 0.907. The van der Waals surface area contributed by atoms with Gasteiger partial charge in [0.2, 0.25) is 0 Å². The molecule has 0 saturated carbocycles. The molecule has 102 valence electrons. The molecule has 1 atom stereocenters. The van der Waals surface area contributed by atoms with E-state index in [4.69, 9.17) is 0 Å². The van der Waals surface area contributed by atoms with Crippen LogP contribution in [0.4, 0.5) is 13.2 Å². The maximum Gasteiger partial charge on any atom is 0.257 e. The maximum absolute atomic E-state index is 13.2. The number of carbonyl (C=O) groups is 1. The molecule has 1 amide bonds. The third-order valence-corrected chi connectivity index (χ3v) is 2.30. The fraction of sp³-hybridized carbons (Fsp3) is 0.364. The molecule has 0 spiro atoms. The molecule has 0 aliphatic carbocycles. The summed E-state index contributed by atoms with van der Waals surface area (Å²) in [5.41, 5.74) is -0.769. The van der Waals surface area contributed by atoms with Crippen molar-refractivity contribution in [3.63, 3.8) is 0 Å². The standard InChI is InChI=1S/C11H13F3N2O.ClH/c1-6(15-2)5-16-11(17)10-8(13)3-7(12)4-9(10)14;/h3-4,6,15H,5H2,1-2H3,(H,16,17);1H. The zero-order valence-corrected chi connectivity index (χ0v) is 10.7. The van der Waals surface area contributed by atoms with Gasteiger partial charge in [-0.25, -0.2) is 13.2 Å². The van der Waals surface area contributed by atoms with Crippen LogP contribution in [0.15, 0.2) is 12.1 Å². The van der Waals surface area contributed by atoms with Crippen LogP contribution >= 0.6 is 12.4 Å². The highest BCUT2D eigenvalue weighted by molar-refractivity contribution is 5.94. The zero-order valence-electron chi connectivity index (χ0n) is 9.89. The third-order valence-electron chi connectivity index (χ3n) is 2.30. The number of rotatable bonds is 4. The van der Waals surface area contributed by atoms with Crippen LogP contribution in [0.2, 0.25) is 0 Å². The van der Waals surface area contributed by atoms with Gasteiger partial charge in [-0.3, -0.25) is 4.79 Å². The van der Waals surface area contributed by atoms with Crippen molar-refractivity contribution in [2.75, 3.05) is 13.6 Å². The summed E-state index contributed by atoms with van der Waals surface area (Å²) in [5, 5.41) is 5.19. The number of likely N-dealkylation sites (N-methyl/N-ethyl adjacent to an activating group) is 1. The smallest absolute Gasteiger partial charge is 0.257 e. The lowest BCUT2D eigenvalue weighted by atomic mass is 10.1. The lowest BCUT2D eigenvalue weighted by Crippen LogP contribution is -2.37. The first-order valence-electron chi connectivity index (χ1n) is 5.05. The van der Waals surface area contributed by atoms with Crippen LogP contribution in [-0.4, -0.2) is 25.5 Å². The van der Waals surface area contributed by atoms with Crippen molar-refractivity contribution in [2.24, 2.45) is 0 Å². The second-order valence-corrected chi connectivity index (χ2v) is 3.64. The predicted octanol–water partition coefficient (Wildman–Crippen LogP) is 1.86. The van der Waals surface area contributed by atoms with Gasteiger partial charge in [-0.1, -0.05) is 0 Å². The Balaban J connectivity index is 0.00000289. The Bertz CT molecular complexity index is 406. The Morgan fingerprint density at radius 1 is 1.28 bits per heavy atom. The molecule has 0 aromatic heterocycles. The Morgan fingerprint density at radius 3 is 2.22 bits per heavy atom. The summed E-state index contributed by atoms with van der Waals surface area (Å²) in [5.74, 6) is -4.38. The molecule has 0 heterocycles. The van der Waals surface area contributed by atoms with Crippen molar-refractivity contribution in [3.8, 4) is 0 Å². The molecule has 0 radical (unpaired) electrons. The molecule has 1 rings (SSSR count). The second-order valence-electron chi connectivity index (χ2n) is 3.64. The minimum absolute atomic E-state index is 0. The Morgan fingerprint density at radius 2 is 1.78 bits per heavy atom. The number of nitrogens with one attached hydrogen (secondary N) is 2. The van der Waals surface area contributed by atoms with Crippen molar-refractivity contribution < 1.29 is 18.0 Å². The van der Waals surface area contributed by atoms with Gasteiger partial charge in [-0.2, -0.15) is 0 Å². The molecule has 0 bridgehead atoms. The summed E-state index contributed by atoms with van der Waals surface area (Å²) >= 11 is 0. The molecule has 0 aliphatic heterocycles. The second kappa shape index (κ2) is 7.23. The number of benzene rings is 1. The average Bonchev–Trinajstić information content (AvgIpc) is 2.24. The molecule has 1 aromatic rings. The van der Waals surface area contributed by atoms with Gasteiger partial charge in [0.05, 0.1) is 0 Å². The number of carbonyl (C=O) groups excluding carboxylic acids is 1. The lowest BCUT2D eigenvalue weighted by molar-refractivity contribution is 0.0942. The maximum atomic E-state index is 13.2. The van der Waals surface area contributed by atoms with E-state index in [2.05, 4.69) is 10.6 Å². The largest absolute Gasteiger partial charge is 0.350 e. The van der Waals surface area contributed by atoms with E-state index in [9.17, 15) is 18.0 Å². The Kier molecular flexibility index (Phi) is 6.72. The monoisotopic (exact) mass is 282 g/mol. The van der Waals surface area contributed by atoms with Crippen LogP contribution in [0.3, 0.4) is 0 Å². The summed E-state index contributed by atoms with van der Waals surface area (Å²) in [6.07, 6.45) is 0. The predicted molar refractivity (Wildman–Crippen MR) is 64.4 cm³/mol. The normalized spacial score (nSPS) is 11.6. The van der Waals surface area contributed by atoms with E-state index in [1.165, 1.54) is 0 Å². The Labute approximate surface area is 109 Å². The van der Waals surface area contributed by atoms with Gasteiger partial charge in [-0.05, 0) is 14.0 Å². The van der Waals surface area contributed by atoms with E-state index >= 15 is 0 Å². The molecule has 3 nitrogen and oxygen atoms in total. The van der Waals surface area contributed by atoms with Crippen molar-refractivity contribution >= 4 is 18.3 Å². The first-order valence-corrected chi connectivity index (χ1v) is 5.05. The van der Waals surface area contributed by atoms with E-state index < -0.39 is 28.9 Å². The average molecular weight is 283 g/mol. The molecule has 7 heteroatoms. The molecule has 18 heavy (non-hydrogen) atoms. The van der Waals surface area contributed by atoms with Crippen molar-refractivity contribution in [1.29, 1.82) is 0 Å². The van der Waals surface area contributed by atoms with Crippen molar-refractivity contribution in [2.45, 2.75) is 13.0 Å². The van der Waals surface area contributed by atoms with Crippen LogP contribution in [-0.2, 0) is 0 Å². The summed E-state index contributed by atoms with van der Waals surface area (Å²) in [7, 11) is 1.69. The van der Waals surface area contributed by atoms with E-state index in [0.29, 0.717) is 12.1 Å². The topological polar surface area (TPSA) is 41.1 Å². The highest BCUT2D eigenvalue weighted by Crippen LogP contribution is 2.14. The summed E-state index contributed by atoms with van der Waals surface area (Å²) < 4.78 is 39.0. The van der Waals surface area contributed by atoms with Gasteiger partial charge >= 0.3 is 0 Å². The van der Waals surface area contributed by atoms with Crippen LogP contribution in [0, 0.1) is 17.5 Å². The quantitative estimate of drug-likeness (QED) is 0.885. The highest BCUT2D eigenvalue weighted by atomic mass is 35.5. The fourth-order valence-electron chi connectivity index (χ4n) is 1.20. The first-order chi connectivity index (χ1) is 7.95. The van der Waals surface area contributed by atoms with Crippen LogP contribution in [0.5, 0.6) is 0 Å². The van der Waals surface area contributed by atoms with E-state index in [1.807, 2.05) is 0 Å². The van der Waals surface area contributed by atoms with Crippen molar-refractivity contribution in [1.82, 2.24) is 10.6 Å². The first kappa shape index (κ1) is 16.7. The zero-order chi connectivity index (χ0) is 13.0.